The highest BCUT2D eigenvalue weighted by atomic mass is 35.5. The van der Waals surface area contributed by atoms with E-state index in [1.807, 2.05) is 63.2 Å². The minimum atomic E-state index is -0.837. The summed E-state index contributed by atoms with van der Waals surface area (Å²) in [4.78, 5) is 33.2. The van der Waals surface area contributed by atoms with E-state index >= 15 is 0 Å². The smallest absolute Gasteiger partial charge is 0.338 e. The highest BCUT2D eigenvalue weighted by Crippen LogP contribution is 2.38. The molecule has 0 amide bonds. The average molecular weight is 605 g/mol. The van der Waals surface area contributed by atoms with Gasteiger partial charge in [-0.15, -0.1) is 0 Å². The van der Waals surface area contributed by atoms with Crippen LogP contribution in [0.25, 0.3) is 16.8 Å². The Balaban J connectivity index is 1.84. The highest BCUT2D eigenvalue weighted by molar-refractivity contribution is 7.07. The Labute approximate surface area is 253 Å². The van der Waals surface area contributed by atoms with Gasteiger partial charge in [-0.05, 0) is 68.3 Å². The summed E-state index contributed by atoms with van der Waals surface area (Å²) in [6, 6.07) is 16.3. The van der Waals surface area contributed by atoms with Gasteiger partial charge in [0, 0.05) is 16.1 Å². The van der Waals surface area contributed by atoms with Gasteiger partial charge >= 0.3 is 5.97 Å². The highest BCUT2D eigenvalue weighted by Gasteiger charge is 2.36. The summed E-state index contributed by atoms with van der Waals surface area (Å²) < 4.78 is 19.4. The molecular formula is C33H33ClN2O5S. The summed E-state index contributed by atoms with van der Waals surface area (Å²) >= 11 is 7.74. The van der Waals surface area contributed by atoms with Crippen molar-refractivity contribution in [3.8, 4) is 11.5 Å². The number of benzene rings is 3. The molecule has 0 saturated heterocycles. The van der Waals surface area contributed by atoms with Gasteiger partial charge < -0.3 is 14.2 Å². The summed E-state index contributed by atoms with van der Waals surface area (Å²) in [7, 11) is 1.55. The fourth-order valence-corrected chi connectivity index (χ4v) is 6.43. The SMILES string of the molecule is CCCC1=C(C(=O)OCC)[C@H](c2cc(Cl)ccc2OC)n2c(s/c(=C/c3c(OC(C)C)ccc4ccccc34)c2=O)=N1. The van der Waals surface area contributed by atoms with Crippen LogP contribution in [-0.2, 0) is 9.53 Å². The molecule has 5 rings (SSSR count). The number of hydrogen-bond acceptors (Lipinski definition) is 7. The first-order valence-corrected chi connectivity index (χ1v) is 15.2. The number of aromatic nitrogens is 1. The molecule has 1 aliphatic heterocycles. The van der Waals surface area contributed by atoms with Crippen LogP contribution < -0.4 is 24.4 Å². The van der Waals surface area contributed by atoms with E-state index in [1.54, 1.807) is 36.8 Å². The molecular weight excluding hydrogens is 572 g/mol. The minimum Gasteiger partial charge on any atom is -0.496 e. The second-order valence-corrected chi connectivity index (χ2v) is 11.6. The van der Waals surface area contributed by atoms with Gasteiger partial charge in [0.25, 0.3) is 5.56 Å². The largest absolute Gasteiger partial charge is 0.496 e. The van der Waals surface area contributed by atoms with Crippen molar-refractivity contribution in [2.75, 3.05) is 13.7 Å². The summed E-state index contributed by atoms with van der Waals surface area (Å²) in [5.74, 6) is 0.661. The number of halogens is 1. The maximum absolute atomic E-state index is 14.3. The first-order valence-electron chi connectivity index (χ1n) is 14.0. The van der Waals surface area contributed by atoms with Gasteiger partial charge in [-0.3, -0.25) is 9.36 Å². The fraction of sp³-hybridized carbons (Fsp3) is 0.303. The van der Waals surface area contributed by atoms with Gasteiger partial charge in [0.05, 0.1) is 35.6 Å². The molecule has 0 bridgehead atoms. The number of hydrogen-bond donors (Lipinski definition) is 0. The summed E-state index contributed by atoms with van der Waals surface area (Å²) in [6.45, 7) is 7.90. The number of methoxy groups -OCH3 is 1. The molecule has 0 saturated carbocycles. The number of esters is 1. The number of ether oxygens (including phenoxy) is 3. The van der Waals surface area contributed by atoms with E-state index in [2.05, 4.69) is 0 Å². The Morgan fingerprint density at radius 1 is 1.12 bits per heavy atom. The van der Waals surface area contributed by atoms with Crippen molar-refractivity contribution in [1.29, 1.82) is 0 Å². The lowest BCUT2D eigenvalue weighted by Gasteiger charge is -2.27. The van der Waals surface area contributed by atoms with Crippen LogP contribution in [0.2, 0.25) is 5.02 Å². The summed E-state index contributed by atoms with van der Waals surface area (Å²) in [6.07, 6.45) is 3.10. The Morgan fingerprint density at radius 2 is 1.88 bits per heavy atom. The quantitative estimate of drug-likeness (QED) is 0.213. The van der Waals surface area contributed by atoms with Gasteiger partial charge in [0.2, 0.25) is 0 Å². The Hall–Kier alpha value is -3.88. The molecule has 9 heteroatoms. The normalized spacial score (nSPS) is 15.1. The van der Waals surface area contributed by atoms with Crippen LogP contribution in [0.4, 0.5) is 0 Å². The first-order chi connectivity index (χ1) is 20.3. The predicted molar refractivity (Wildman–Crippen MR) is 167 cm³/mol. The van der Waals surface area contributed by atoms with Crippen molar-refractivity contribution >= 4 is 45.8 Å². The van der Waals surface area contributed by atoms with Gasteiger partial charge in [-0.2, -0.15) is 0 Å². The third-order valence-corrected chi connectivity index (χ3v) is 8.17. The van der Waals surface area contributed by atoms with E-state index in [9.17, 15) is 9.59 Å². The van der Waals surface area contributed by atoms with Crippen LogP contribution in [-0.4, -0.2) is 30.4 Å². The molecule has 0 spiro atoms. The third-order valence-electron chi connectivity index (χ3n) is 6.95. The van der Waals surface area contributed by atoms with Crippen molar-refractivity contribution < 1.29 is 19.0 Å². The van der Waals surface area contributed by atoms with E-state index in [0.717, 1.165) is 22.8 Å². The number of allylic oxidation sites excluding steroid dienone is 1. The molecule has 1 atom stereocenters. The second kappa shape index (κ2) is 12.5. The molecule has 42 heavy (non-hydrogen) atoms. The van der Waals surface area contributed by atoms with Crippen molar-refractivity contribution in [1.82, 2.24) is 4.57 Å². The molecule has 1 aromatic heterocycles. The molecule has 3 aromatic carbocycles. The van der Waals surface area contributed by atoms with E-state index in [1.165, 1.54) is 11.3 Å². The molecule has 0 fully saturated rings. The van der Waals surface area contributed by atoms with Crippen molar-refractivity contribution in [3.63, 3.8) is 0 Å². The van der Waals surface area contributed by atoms with Gasteiger partial charge in [0.1, 0.15) is 17.5 Å². The molecule has 1 aliphatic rings. The van der Waals surface area contributed by atoms with E-state index < -0.39 is 12.0 Å². The van der Waals surface area contributed by atoms with E-state index in [4.69, 9.17) is 30.8 Å². The van der Waals surface area contributed by atoms with Crippen LogP contribution in [0, 0.1) is 0 Å². The standard InChI is InChI=1S/C33H33ClN2O5S/c1-6-10-25-29(32(38)40-7-2)30(24-17-21(34)14-16-26(24)39-5)36-31(37)28(42-33(36)35-25)18-23-22-12-9-8-11-20(22)13-15-27(23)41-19(3)4/h8-9,11-19,30H,6-7,10H2,1-5H3/b28-18+/t30-/m0/s1. The number of thiazole rings is 1. The molecule has 2 heterocycles. The lowest BCUT2D eigenvalue weighted by Crippen LogP contribution is -2.40. The van der Waals surface area contributed by atoms with Gasteiger partial charge in [-0.25, -0.2) is 9.79 Å². The van der Waals surface area contributed by atoms with Crippen LogP contribution in [0.1, 0.15) is 57.7 Å². The van der Waals surface area contributed by atoms with Crippen LogP contribution in [0.5, 0.6) is 11.5 Å². The van der Waals surface area contributed by atoms with Crippen molar-refractivity contribution in [2.24, 2.45) is 4.99 Å². The zero-order chi connectivity index (χ0) is 30.0. The van der Waals surface area contributed by atoms with Crippen molar-refractivity contribution in [3.05, 3.63) is 102 Å². The minimum absolute atomic E-state index is 0.0569. The lowest BCUT2D eigenvalue weighted by molar-refractivity contribution is -0.139. The van der Waals surface area contributed by atoms with E-state index in [-0.39, 0.29) is 18.3 Å². The molecule has 7 nitrogen and oxygen atoms in total. The Kier molecular flexibility index (Phi) is 8.85. The average Bonchev–Trinajstić information content (AvgIpc) is 3.27. The predicted octanol–water partition coefficient (Wildman–Crippen LogP) is 6.18. The molecule has 0 unspecified atom stereocenters. The monoisotopic (exact) mass is 604 g/mol. The number of nitrogens with zero attached hydrogens (tertiary/aromatic N) is 2. The third kappa shape index (κ3) is 5.61. The number of carbonyl (C=O) groups is 1. The lowest BCUT2D eigenvalue weighted by atomic mass is 9.93. The number of fused-ring (bicyclic) bond motifs is 2. The summed E-state index contributed by atoms with van der Waals surface area (Å²) in [5, 5.41) is 2.45. The maximum atomic E-state index is 14.3. The maximum Gasteiger partial charge on any atom is 0.338 e. The molecule has 0 N–H and O–H groups in total. The topological polar surface area (TPSA) is 79.1 Å². The number of carbonyl (C=O) groups excluding carboxylic acids is 1. The van der Waals surface area contributed by atoms with Crippen LogP contribution in [0.3, 0.4) is 0 Å². The Bertz CT molecular complexity index is 1870. The van der Waals surface area contributed by atoms with Gasteiger partial charge in [-0.1, -0.05) is 66.6 Å². The zero-order valence-corrected chi connectivity index (χ0v) is 25.8. The fourth-order valence-electron chi connectivity index (χ4n) is 5.25. The second-order valence-electron chi connectivity index (χ2n) is 10.2. The van der Waals surface area contributed by atoms with Crippen molar-refractivity contribution in [2.45, 2.75) is 52.7 Å². The van der Waals surface area contributed by atoms with Crippen LogP contribution in [0.15, 0.2) is 75.7 Å². The summed E-state index contributed by atoms with van der Waals surface area (Å²) in [5.41, 5.74) is 2.00. The van der Waals surface area contributed by atoms with Gasteiger partial charge in [0.15, 0.2) is 4.80 Å². The molecule has 4 aromatic rings. The Morgan fingerprint density at radius 3 is 2.60 bits per heavy atom. The number of rotatable bonds is 9. The zero-order valence-electron chi connectivity index (χ0n) is 24.3. The molecule has 0 radical (unpaired) electrons. The first kappa shape index (κ1) is 29.6. The molecule has 218 valence electrons. The molecule has 0 aliphatic carbocycles. The van der Waals surface area contributed by atoms with Crippen LogP contribution >= 0.6 is 22.9 Å². The van der Waals surface area contributed by atoms with E-state index in [0.29, 0.717) is 49.1 Å².